The lowest BCUT2D eigenvalue weighted by Gasteiger charge is -2.29. The predicted octanol–water partition coefficient (Wildman–Crippen LogP) is 2.09. The Hall–Kier alpha value is -1.59. The van der Waals surface area contributed by atoms with Crippen LogP contribution >= 0.6 is 12.4 Å². The molecule has 1 heterocycles. The molecule has 1 aliphatic heterocycles. The third-order valence-electron chi connectivity index (χ3n) is 4.79. The van der Waals surface area contributed by atoms with E-state index in [0.29, 0.717) is 24.4 Å². The first-order valence-electron chi connectivity index (χ1n) is 7.96. The highest BCUT2D eigenvalue weighted by atomic mass is 35.5. The Morgan fingerprint density at radius 2 is 2.17 bits per heavy atom. The van der Waals surface area contributed by atoms with Gasteiger partial charge in [-0.05, 0) is 50.3 Å². The molecule has 1 atom stereocenters. The van der Waals surface area contributed by atoms with Crippen LogP contribution in [0, 0.1) is 5.92 Å². The number of benzene rings is 1. The topological polar surface area (TPSA) is 75.4 Å². The molecular formula is C17H24ClN3O2. The molecule has 6 heteroatoms. The summed E-state index contributed by atoms with van der Waals surface area (Å²) >= 11 is 0. The van der Waals surface area contributed by atoms with E-state index in [1.54, 1.807) is 17.0 Å². The van der Waals surface area contributed by atoms with E-state index in [1.165, 1.54) is 0 Å². The Labute approximate surface area is 143 Å². The van der Waals surface area contributed by atoms with E-state index < -0.39 is 0 Å². The molecule has 23 heavy (non-hydrogen) atoms. The molecule has 1 saturated carbocycles. The van der Waals surface area contributed by atoms with Crippen molar-refractivity contribution in [3.8, 4) is 0 Å². The fraction of sp³-hybridized carbons (Fsp3) is 0.529. The highest BCUT2D eigenvalue weighted by Gasteiger charge is 2.41. The van der Waals surface area contributed by atoms with Crippen LogP contribution in [0.5, 0.6) is 0 Å². The zero-order valence-electron chi connectivity index (χ0n) is 13.4. The van der Waals surface area contributed by atoms with Gasteiger partial charge in [0.25, 0.3) is 5.91 Å². The van der Waals surface area contributed by atoms with Crippen LogP contribution in [0.4, 0.5) is 5.69 Å². The van der Waals surface area contributed by atoms with Gasteiger partial charge in [0.1, 0.15) is 0 Å². The van der Waals surface area contributed by atoms with E-state index in [1.807, 2.05) is 19.1 Å². The first-order chi connectivity index (χ1) is 10.5. The highest BCUT2D eigenvalue weighted by molar-refractivity contribution is 5.99. The SMILES string of the molecule is CC(CN)(NC(=O)c1cccc(N2CCCC2=O)c1)C1CC1.Cl. The standard InChI is InChI=1S/C17H23N3O2.ClH/c1-17(11-18,13-7-8-13)19-16(22)12-4-2-5-14(10-12)20-9-3-6-15(20)21;/h2,4-5,10,13H,3,6-9,11,18H2,1H3,(H,19,22);1H. The molecule has 126 valence electrons. The van der Waals surface area contributed by atoms with Gasteiger partial charge in [-0.1, -0.05) is 6.07 Å². The lowest BCUT2D eigenvalue weighted by molar-refractivity contribution is -0.117. The van der Waals surface area contributed by atoms with Crippen LogP contribution in [0.25, 0.3) is 0 Å². The zero-order chi connectivity index (χ0) is 15.7. The van der Waals surface area contributed by atoms with Gasteiger partial charge < -0.3 is 16.0 Å². The normalized spacial score (nSPS) is 19.9. The largest absolute Gasteiger partial charge is 0.345 e. The van der Waals surface area contributed by atoms with Gasteiger partial charge in [0.2, 0.25) is 5.91 Å². The Kier molecular flexibility index (Phi) is 5.32. The molecule has 2 aliphatic rings. The highest BCUT2D eigenvalue weighted by Crippen LogP contribution is 2.39. The summed E-state index contributed by atoms with van der Waals surface area (Å²) in [5.41, 5.74) is 6.90. The van der Waals surface area contributed by atoms with E-state index in [-0.39, 0.29) is 29.8 Å². The maximum Gasteiger partial charge on any atom is 0.251 e. The van der Waals surface area contributed by atoms with Crippen molar-refractivity contribution in [2.45, 2.75) is 38.1 Å². The fourth-order valence-corrected chi connectivity index (χ4v) is 3.11. The molecule has 1 saturated heterocycles. The number of carbonyl (C=O) groups excluding carboxylic acids is 2. The van der Waals surface area contributed by atoms with Gasteiger partial charge in [0.15, 0.2) is 0 Å². The quantitative estimate of drug-likeness (QED) is 0.863. The Bertz CT molecular complexity index is 603. The zero-order valence-corrected chi connectivity index (χ0v) is 14.2. The number of rotatable bonds is 5. The van der Waals surface area contributed by atoms with Gasteiger partial charge >= 0.3 is 0 Å². The van der Waals surface area contributed by atoms with Crippen LogP contribution in [-0.4, -0.2) is 30.4 Å². The van der Waals surface area contributed by atoms with Gasteiger partial charge in [0.05, 0.1) is 5.54 Å². The van der Waals surface area contributed by atoms with Crippen LogP contribution in [0.2, 0.25) is 0 Å². The molecule has 0 radical (unpaired) electrons. The van der Waals surface area contributed by atoms with Crippen molar-refractivity contribution in [3.63, 3.8) is 0 Å². The minimum atomic E-state index is -0.337. The Morgan fingerprint density at radius 1 is 1.43 bits per heavy atom. The van der Waals surface area contributed by atoms with Crippen LogP contribution in [0.3, 0.4) is 0 Å². The molecule has 2 fully saturated rings. The number of nitrogens with one attached hydrogen (secondary N) is 1. The summed E-state index contributed by atoms with van der Waals surface area (Å²) in [4.78, 5) is 26.1. The number of halogens is 1. The number of nitrogens with zero attached hydrogens (tertiary/aromatic N) is 1. The van der Waals surface area contributed by atoms with Crippen LogP contribution in [0.1, 0.15) is 43.0 Å². The summed E-state index contributed by atoms with van der Waals surface area (Å²) in [5.74, 6) is 0.487. The van der Waals surface area contributed by atoms with Gasteiger partial charge in [-0.3, -0.25) is 9.59 Å². The van der Waals surface area contributed by atoms with Crippen molar-refractivity contribution in [1.82, 2.24) is 5.32 Å². The summed E-state index contributed by atoms with van der Waals surface area (Å²) in [6.45, 7) is 3.18. The Balaban J connectivity index is 0.00000192. The summed E-state index contributed by atoms with van der Waals surface area (Å²) in [6, 6.07) is 7.28. The molecule has 0 spiro atoms. The van der Waals surface area contributed by atoms with Gasteiger partial charge in [-0.15, -0.1) is 12.4 Å². The van der Waals surface area contributed by atoms with Gasteiger partial charge in [-0.25, -0.2) is 0 Å². The summed E-state index contributed by atoms with van der Waals surface area (Å²) in [6.07, 6.45) is 3.71. The molecule has 1 aromatic rings. The molecular weight excluding hydrogens is 314 g/mol. The van der Waals surface area contributed by atoms with Crippen molar-refractivity contribution >= 4 is 29.9 Å². The molecule has 2 amide bonds. The predicted molar refractivity (Wildman–Crippen MR) is 92.9 cm³/mol. The second kappa shape index (κ2) is 6.89. The summed E-state index contributed by atoms with van der Waals surface area (Å²) < 4.78 is 0. The molecule has 0 aromatic heterocycles. The number of anilines is 1. The van der Waals surface area contributed by atoms with Crippen LogP contribution < -0.4 is 16.0 Å². The third-order valence-corrected chi connectivity index (χ3v) is 4.79. The molecule has 3 N–H and O–H groups in total. The van der Waals surface area contributed by atoms with Crippen molar-refractivity contribution in [2.75, 3.05) is 18.0 Å². The second-order valence-corrected chi connectivity index (χ2v) is 6.55. The average molecular weight is 338 g/mol. The van der Waals surface area contributed by atoms with Crippen LogP contribution in [-0.2, 0) is 4.79 Å². The minimum Gasteiger partial charge on any atom is -0.345 e. The van der Waals surface area contributed by atoms with E-state index in [2.05, 4.69) is 5.32 Å². The number of nitrogens with two attached hydrogens (primary N) is 1. The van der Waals surface area contributed by atoms with Crippen molar-refractivity contribution < 1.29 is 9.59 Å². The molecule has 5 nitrogen and oxygen atoms in total. The first-order valence-corrected chi connectivity index (χ1v) is 7.96. The Morgan fingerprint density at radius 3 is 2.74 bits per heavy atom. The maximum absolute atomic E-state index is 12.5. The lowest BCUT2D eigenvalue weighted by Crippen LogP contribution is -2.53. The van der Waals surface area contributed by atoms with E-state index >= 15 is 0 Å². The summed E-state index contributed by atoms with van der Waals surface area (Å²) in [5, 5.41) is 3.08. The summed E-state index contributed by atoms with van der Waals surface area (Å²) in [7, 11) is 0. The maximum atomic E-state index is 12.5. The monoisotopic (exact) mass is 337 g/mol. The van der Waals surface area contributed by atoms with Gasteiger partial charge in [0, 0.05) is 30.8 Å². The lowest BCUT2D eigenvalue weighted by atomic mass is 9.95. The van der Waals surface area contributed by atoms with E-state index in [0.717, 1.165) is 31.5 Å². The smallest absolute Gasteiger partial charge is 0.251 e. The third kappa shape index (κ3) is 3.67. The number of carbonyl (C=O) groups is 2. The second-order valence-electron chi connectivity index (χ2n) is 6.55. The van der Waals surface area contributed by atoms with E-state index in [4.69, 9.17) is 5.73 Å². The molecule has 1 unspecified atom stereocenters. The van der Waals surface area contributed by atoms with E-state index in [9.17, 15) is 9.59 Å². The number of hydrogen-bond donors (Lipinski definition) is 2. The molecule has 3 rings (SSSR count). The molecule has 0 bridgehead atoms. The van der Waals surface area contributed by atoms with Crippen LogP contribution in [0.15, 0.2) is 24.3 Å². The van der Waals surface area contributed by atoms with Crippen molar-refractivity contribution in [2.24, 2.45) is 11.7 Å². The fourth-order valence-electron chi connectivity index (χ4n) is 3.11. The first kappa shape index (κ1) is 17.8. The van der Waals surface area contributed by atoms with Gasteiger partial charge in [-0.2, -0.15) is 0 Å². The van der Waals surface area contributed by atoms with Crippen molar-refractivity contribution in [3.05, 3.63) is 29.8 Å². The molecule has 1 aliphatic carbocycles. The molecule has 1 aromatic carbocycles. The number of amides is 2. The average Bonchev–Trinajstić information content (AvgIpc) is 3.30. The van der Waals surface area contributed by atoms with Crippen molar-refractivity contribution in [1.29, 1.82) is 0 Å². The number of hydrogen-bond acceptors (Lipinski definition) is 3. The minimum absolute atomic E-state index is 0.